The van der Waals surface area contributed by atoms with E-state index in [0.717, 1.165) is 11.0 Å². The van der Waals surface area contributed by atoms with E-state index < -0.39 is 49.0 Å². The summed E-state index contributed by atoms with van der Waals surface area (Å²) < 4.78 is 64.3. The van der Waals surface area contributed by atoms with Gasteiger partial charge in [-0.2, -0.15) is 0 Å². The van der Waals surface area contributed by atoms with Gasteiger partial charge in [-0.3, -0.25) is 9.84 Å². The fourth-order valence-electron chi connectivity index (χ4n) is 6.10. The van der Waals surface area contributed by atoms with Gasteiger partial charge in [-0.15, -0.1) is 0 Å². The predicted molar refractivity (Wildman–Crippen MR) is 133 cm³/mol. The summed E-state index contributed by atoms with van der Waals surface area (Å²) in [5.74, 6) is -4.93. The van der Waals surface area contributed by atoms with Crippen molar-refractivity contribution in [2.75, 3.05) is 0 Å². The topological polar surface area (TPSA) is 59.0 Å². The van der Waals surface area contributed by atoms with Gasteiger partial charge in [-0.25, -0.2) is 18.0 Å². The van der Waals surface area contributed by atoms with Crippen LogP contribution >= 0.6 is 0 Å². The van der Waals surface area contributed by atoms with Crippen molar-refractivity contribution in [1.29, 1.82) is 0 Å². The van der Waals surface area contributed by atoms with Crippen molar-refractivity contribution >= 4 is 14.4 Å². The van der Waals surface area contributed by atoms with Crippen molar-refractivity contribution in [2.24, 2.45) is 0 Å². The van der Waals surface area contributed by atoms with Crippen LogP contribution in [0.15, 0.2) is 24.0 Å². The number of carbonyl (C=O) groups is 1. The number of carboxylic acid groups (broad SMARTS) is 1. The van der Waals surface area contributed by atoms with Crippen LogP contribution < -0.4 is 0 Å². The minimum absolute atomic E-state index is 0.0120. The summed E-state index contributed by atoms with van der Waals surface area (Å²) in [5.41, 5.74) is -3.38. The molecule has 0 heterocycles. The Morgan fingerprint density at radius 2 is 1.53 bits per heavy atom. The van der Waals surface area contributed by atoms with Gasteiger partial charge in [0, 0.05) is 34.5 Å². The third-order valence-corrected chi connectivity index (χ3v) is 13.4. The summed E-state index contributed by atoms with van der Waals surface area (Å²) in [6.45, 7) is 16.9. The molecule has 1 aliphatic rings. The van der Waals surface area contributed by atoms with E-state index in [1.165, 1.54) is 6.08 Å². The Kier molecular flexibility index (Phi) is 8.99. The molecule has 36 heavy (non-hydrogen) atoms. The Morgan fingerprint density at radius 3 is 1.94 bits per heavy atom. The molecule has 0 saturated carbocycles. The Balaban J connectivity index is 3.07. The molecule has 1 aliphatic carbocycles. The van der Waals surface area contributed by atoms with Crippen LogP contribution in [0.5, 0.6) is 0 Å². The number of hydrogen-bond donors (Lipinski definition) is 1. The van der Waals surface area contributed by atoms with Gasteiger partial charge in [0.05, 0.1) is 0 Å². The lowest BCUT2D eigenvalue weighted by molar-refractivity contribution is -0.129. The highest BCUT2D eigenvalue weighted by molar-refractivity contribution is 6.77. The van der Waals surface area contributed by atoms with E-state index in [2.05, 4.69) is 4.94 Å². The lowest BCUT2D eigenvalue weighted by Gasteiger charge is -2.58. The number of hydrogen-bond acceptors (Lipinski definition) is 3. The fraction of sp³-hybridized carbons (Fsp3) is 0.654. The van der Waals surface area contributed by atoms with Crippen molar-refractivity contribution in [3.8, 4) is 0 Å². The van der Waals surface area contributed by atoms with Gasteiger partial charge in [0.15, 0.2) is 17.4 Å². The van der Waals surface area contributed by atoms with Crippen molar-refractivity contribution in [2.45, 2.75) is 109 Å². The maximum absolute atomic E-state index is 15.3. The minimum atomic E-state index is -2.95. The minimum Gasteiger partial charge on any atom is -0.465 e. The SMILES string of the molecule is CC(C)[Si](OC1(N(C(=O)O)C(C)(C)C)C=C(OF)CCC1c1cc(F)c(F)cc1F)(C(C)C)C(C)C. The van der Waals surface area contributed by atoms with Gasteiger partial charge < -0.3 is 9.53 Å². The molecule has 1 N–H and O–H groups in total. The average Bonchev–Trinajstić information content (AvgIpc) is 2.72. The molecule has 0 spiro atoms. The highest BCUT2D eigenvalue weighted by Crippen LogP contribution is 2.54. The molecule has 1 aromatic rings. The first kappa shape index (κ1) is 30.2. The molecule has 0 saturated heterocycles. The van der Waals surface area contributed by atoms with E-state index in [0.29, 0.717) is 6.07 Å². The van der Waals surface area contributed by atoms with Crippen LogP contribution in [0, 0.1) is 17.5 Å². The fourth-order valence-corrected chi connectivity index (χ4v) is 11.7. The summed E-state index contributed by atoms with van der Waals surface area (Å²) in [7, 11) is -2.95. The molecular weight excluding hydrogens is 494 g/mol. The van der Waals surface area contributed by atoms with E-state index in [-0.39, 0.29) is 40.8 Å². The average molecular weight is 534 g/mol. The van der Waals surface area contributed by atoms with Crippen molar-refractivity contribution in [1.82, 2.24) is 4.90 Å². The Labute approximate surface area is 212 Å². The second-order valence-electron chi connectivity index (χ2n) is 11.5. The number of nitrogens with zero attached hydrogens (tertiary/aromatic N) is 1. The first-order chi connectivity index (χ1) is 16.4. The molecule has 0 aromatic heterocycles. The van der Waals surface area contributed by atoms with Crippen molar-refractivity contribution in [3.63, 3.8) is 0 Å². The zero-order valence-corrected chi connectivity index (χ0v) is 23.6. The Bertz CT molecular complexity index is 971. The zero-order valence-electron chi connectivity index (χ0n) is 22.6. The smallest absolute Gasteiger partial charge is 0.410 e. The molecule has 1 aromatic carbocycles. The lowest BCUT2D eigenvalue weighted by Crippen LogP contribution is -2.68. The van der Waals surface area contributed by atoms with Crippen LogP contribution in [0.1, 0.15) is 86.6 Å². The Morgan fingerprint density at radius 1 is 1.03 bits per heavy atom. The molecule has 2 atom stereocenters. The third kappa shape index (κ3) is 5.30. The standard InChI is InChI=1S/C26H39F4NO4Si/c1-15(2)36(16(3)4,17(5)6)35-26(31(24(32)33)25(7,8)9)14-18(34-30)10-11-20(26)19-12-22(28)23(29)13-21(19)27/h12-17,20H,10-11H2,1-9H3,(H,32,33). The zero-order chi connectivity index (χ0) is 27.8. The molecule has 204 valence electrons. The molecule has 2 unspecified atom stereocenters. The van der Waals surface area contributed by atoms with Crippen LogP contribution in [0.25, 0.3) is 0 Å². The first-order valence-electron chi connectivity index (χ1n) is 12.3. The maximum Gasteiger partial charge on any atom is 0.410 e. The van der Waals surface area contributed by atoms with Gasteiger partial charge in [-0.1, -0.05) is 41.5 Å². The number of benzene rings is 1. The van der Waals surface area contributed by atoms with Crippen LogP contribution in [-0.2, 0) is 9.37 Å². The van der Waals surface area contributed by atoms with Crippen LogP contribution in [-0.4, -0.2) is 35.7 Å². The number of allylic oxidation sites excluding steroid dienone is 1. The maximum atomic E-state index is 15.3. The molecule has 0 radical (unpaired) electrons. The summed E-state index contributed by atoms with van der Waals surface area (Å²) in [6.07, 6.45) is -0.153. The van der Waals surface area contributed by atoms with Crippen molar-refractivity contribution in [3.05, 3.63) is 47.0 Å². The molecule has 0 bridgehead atoms. The van der Waals surface area contributed by atoms with Gasteiger partial charge in [0.1, 0.15) is 11.6 Å². The quantitative estimate of drug-likeness (QED) is 0.158. The molecular formula is C26H39F4NO4Si. The largest absolute Gasteiger partial charge is 0.465 e. The Hall–Kier alpha value is -2.07. The van der Waals surface area contributed by atoms with Crippen LogP contribution in [0.4, 0.5) is 22.5 Å². The van der Waals surface area contributed by atoms with Gasteiger partial charge in [0.25, 0.3) is 0 Å². The number of halogens is 4. The summed E-state index contributed by atoms with van der Waals surface area (Å²) in [6, 6.07) is 1.19. The van der Waals surface area contributed by atoms with E-state index in [1.54, 1.807) is 20.8 Å². The molecule has 2 rings (SSSR count). The first-order valence-corrected chi connectivity index (χ1v) is 14.5. The van der Waals surface area contributed by atoms with Crippen molar-refractivity contribution < 1.29 is 37.0 Å². The van der Waals surface area contributed by atoms with Crippen LogP contribution in [0.2, 0.25) is 16.6 Å². The second kappa shape index (κ2) is 10.7. The second-order valence-corrected chi connectivity index (χ2v) is 16.9. The number of rotatable bonds is 8. The predicted octanol–water partition coefficient (Wildman–Crippen LogP) is 8.43. The molecule has 5 nitrogen and oxygen atoms in total. The number of amides is 1. The molecule has 0 aliphatic heterocycles. The highest BCUT2D eigenvalue weighted by atomic mass is 28.4. The molecule has 10 heteroatoms. The third-order valence-electron chi connectivity index (χ3n) is 7.32. The monoisotopic (exact) mass is 533 g/mol. The molecule has 0 fully saturated rings. The lowest BCUT2D eigenvalue weighted by atomic mass is 9.77. The summed E-state index contributed by atoms with van der Waals surface area (Å²) >= 11 is 0. The van der Waals surface area contributed by atoms with Gasteiger partial charge >= 0.3 is 6.09 Å². The van der Waals surface area contributed by atoms with E-state index in [4.69, 9.17) is 4.43 Å². The van der Waals surface area contributed by atoms with Crippen LogP contribution in [0.3, 0.4) is 0 Å². The van der Waals surface area contributed by atoms with Gasteiger partial charge in [0.2, 0.25) is 8.32 Å². The van der Waals surface area contributed by atoms with E-state index in [1.807, 2.05) is 41.5 Å². The normalized spacial score (nSPS) is 21.2. The van der Waals surface area contributed by atoms with Gasteiger partial charge in [-0.05, 0) is 55.4 Å². The van der Waals surface area contributed by atoms with E-state index >= 15 is 4.39 Å². The molecule has 1 amide bonds. The highest BCUT2D eigenvalue weighted by Gasteiger charge is 2.60. The summed E-state index contributed by atoms with van der Waals surface area (Å²) in [5, 5.41) is 10.5. The summed E-state index contributed by atoms with van der Waals surface area (Å²) in [4.78, 5) is 18.0. The van der Waals surface area contributed by atoms with E-state index in [9.17, 15) is 23.2 Å².